The van der Waals surface area contributed by atoms with Gasteiger partial charge in [0.15, 0.2) is 0 Å². The van der Waals surface area contributed by atoms with E-state index in [1.165, 1.54) is 11.0 Å². The molecule has 1 unspecified atom stereocenters. The number of carbonyl (C=O) groups is 1. The molecule has 1 aromatic heterocycles. The van der Waals surface area contributed by atoms with Crippen LogP contribution in [0.3, 0.4) is 0 Å². The Morgan fingerprint density at radius 3 is 3.04 bits per heavy atom. The lowest BCUT2D eigenvalue weighted by molar-refractivity contribution is -0.132. The van der Waals surface area contributed by atoms with Gasteiger partial charge < -0.3 is 16.0 Å². The first-order valence-electron chi connectivity index (χ1n) is 7.67. The first kappa shape index (κ1) is 16.5. The summed E-state index contributed by atoms with van der Waals surface area (Å²) < 4.78 is 28.7. The molecule has 6 nitrogen and oxygen atoms in total. The van der Waals surface area contributed by atoms with Crippen LogP contribution in [0.25, 0.3) is 0 Å². The van der Waals surface area contributed by atoms with E-state index in [0.717, 1.165) is 36.5 Å². The summed E-state index contributed by atoms with van der Waals surface area (Å²) in [6.45, 7) is 2.66. The van der Waals surface area contributed by atoms with E-state index in [4.69, 9.17) is 5.73 Å². The normalized spacial score (nSPS) is 15.0. The summed E-state index contributed by atoms with van der Waals surface area (Å²) in [6, 6.07) is 1.83. The molecule has 0 saturated carbocycles. The predicted octanol–water partition coefficient (Wildman–Crippen LogP) is 0.923. The Labute approximate surface area is 138 Å². The van der Waals surface area contributed by atoms with E-state index in [2.05, 4.69) is 10.4 Å². The number of hydrogen-bond acceptors (Lipinski definition) is 4. The van der Waals surface area contributed by atoms with Crippen LogP contribution in [0, 0.1) is 11.6 Å². The third-order valence-corrected chi connectivity index (χ3v) is 4.18. The van der Waals surface area contributed by atoms with Crippen LogP contribution in [0.4, 0.5) is 8.78 Å². The Balaban J connectivity index is 1.73. The quantitative estimate of drug-likeness (QED) is 0.871. The molecule has 128 valence electrons. The molecule has 0 saturated heterocycles. The topological polar surface area (TPSA) is 76.2 Å². The van der Waals surface area contributed by atoms with Crippen LogP contribution in [0.5, 0.6) is 0 Å². The fraction of sp³-hybridized carbons (Fsp3) is 0.375. The van der Waals surface area contributed by atoms with E-state index in [1.807, 2.05) is 4.68 Å². The van der Waals surface area contributed by atoms with Gasteiger partial charge in [-0.1, -0.05) is 6.07 Å². The number of nitrogens with zero attached hydrogens (tertiary/aromatic N) is 3. The van der Waals surface area contributed by atoms with Gasteiger partial charge in [-0.3, -0.25) is 9.48 Å². The number of amides is 1. The van der Waals surface area contributed by atoms with Crippen molar-refractivity contribution in [2.24, 2.45) is 5.73 Å². The average Bonchev–Trinajstić information content (AvgIpc) is 2.97. The molecule has 0 radical (unpaired) electrons. The number of likely N-dealkylation sites (N-methyl/N-ethyl adjacent to an activating group) is 1. The summed E-state index contributed by atoms with van der Waals surface area (Å²) in [5.74, 6) is -1.97. The molecular weight excluding hydrogens is 316 g/mol. The molecule has 1 atom stereocenters. The Kier molecular flexibility index (Phi) is 4.59. The van der Waals surface area contributed by atoms with Crippen molar-refractivity contribution in [2.75, 3.05) is 13.6 Å². The molecule has 0 bridgehead atoms. The second-order valence-corrected chi connectivity index (χ2v) is 5.85. The second-order valence-electron chi connectivity index (χ2n) is 5.85. The molecule has 0 fully saturated rings. The zero-order chi connectivity index (χ0) is 17.3. The number of aromatic nitrogens is 2. The fourth-order valence-corrected chi connectivity index (χ4v) is 2.83. The van der Waals surface area contributed by atoms with Gasteiger partial charge in [-0.25, -0.2) is 8.78 Å². The van der Waals surface area contributed by atoms with Crippen molar-refractivity contribution in [1.29, 1.82) is 0 Å². The van der Waals surface area contributed by atoms with Crippen LogP contribution in [-0.2, 0) is 24.4 Å². The van der Waals surface area contributed by atoms with Gasteiger partial charge in [0, 0.05) is 43.9 Å². The van der Waals surface area contributed by atoms with E-state index in [1.54, 1.807) is 13.2 Å². The zero-order valence-corrected chi connectivity index (χ0v) is 13.3. The highest BCUT2D eigenvalue weighted by molar-refractivity contribution is 5.82. The lowest BCUT2D eigenvalue weighted by Crippen LogP contribution is -2.36. The van der Waals surface area contributed by atoms with Gasteiger partial charge in [-0.2, -0.15) is 5.10 Å². The maximum atomic E-state index is 13.8. The van der Waals surface area contributed by atoms with Gasteiger partial charge in [0.2, 0.25) is 5.91 Å². The minimum atomic E-state index is -1.18. The Hall–Kier alpha value is -2.32. The van der Waals surface area contributed by atoms with Crippen molar-refractivity contribution < 1.29 is 13.6 Å². The van der Waals surface area contributed by atoms with Gasteiger partial charge >= 0.3 is 0 Å². The maximum Gasteiger partial charge on any atom is 0.244 e. The molecular formula is C16H19F2N5O. The third kappa shape index (κ3) is 3.15. The zero-order valence-electron chi connectivity index (χ0n) is 13.3. The molecule has 0 aliphatic carbocycles. The first-order valence-corrected chi connectivity index (χ1v) is 7.67. The number of nitrogens with one attached hydrogen (secondary N) is 1. The van der Waals surface area contributed by atoms with Crippen molar-refractivity contribution in [2.45, 2.75) is 25.7 Å². The van der Waals surface area contributed by atoms with E-state index < -0.39 is 23.6 Å². The summed E-state index contributed by atoms with van der Waals surface area (Å²) in [6.07, 6.45) is 1.73. The first-order chi connectivity index (χ1) is 11.5. The summed E-state index contributed by atoms with van der Waals surface area (Å²) in [5.41, 5.74) is 7.80. The number of benzene rings is 1. The molecule has 1 amide bonds. The van der Waals surface area contributed by atoms with Crippen molar-refractivity contribution in [3.8, 4) is 0 Å². The summed E-state index contributed by atoms with van der Waals surface area (Å²) in [7, 11) is 1.60. The fourth-order valence-electron chi connectivity index (χ4n) is 2.83. The molecule has 1 aliphatic heterocycles. The Morgan fingerprint density at radius 2 is 2.29 bits per heavy atom. The van der Waals surface area contributed by atoms with Crippen LogP contribution in [-0.4, -0.2) is 34.2 Å². The van der Waals surface area contributed by atoms with Crippen molar-refractivity contribution in [1.82, 2.24) is 20.0 Å². The Morgan fingerprint density at radius 1 is 1.50 bits per heavy atom. The monoisotopic (exact) mass is 335 g/mol. The van der Waals surface area contributed by atoms with Crippen LogP contribution in [0.2, 0.25) is 0 Å². The molecule has 3 N–H and O–H groups in total. The van der Waals surface area contributed by atoms with Crippen LogP contribution in [0.15, 0.2) is 24.4 Å². The van der Waals surface area contributed by atoms with Crippen molar-refractivity contribution in [3.05, 3.63) is 52.9 Å². The summed E-state index contributed by atoms with van der Waals surface area (Å²) in [4.78, 5) is 13.9. The highest BCUT2D eigenvalue weighted by Crippen LogP contribution is 2.20. The maximum absolute atomic E-state index is 13.8. The number of halogens is 2. The molecule has 8 heteroatoms. The van der Waals surface area contributed by atoms with Gasteiger partial charge in [0.05, 0.1) is 18.4 Å². The van der Waals surface area contributed by atoms with E-state index >= 15 is 0 Å². The van der Waals surface area contributed by atoms with Gasteiger partial charge in [0.25, 0.3) is 0 Å². The third-order valence-electron chi connectivity index (χ3n) is 4.18. The van der Waals surface area contributed by atoms with Gasteiger partial charge in [-0.15, -0.1) is 0 Å². The molecule has 1 aliphatic rings. The van der Waals surface area contributed by atoms with Gasteiger partial charge in [0.1, 0.15) is 17.7 Å². The van der Waals surface area contributed by atoms with Gasteiger partial charge in [-0.05, 0) is 6.07 Å². The second kappa shape index (κ2) is 6.66. The number of hydrogen-bond donors (Lipinski definition) is 2. The number of fused-ring (bicyclic) bond motifs is 1. The average molecular weight is 335 g/mol. The Bertz CT molecular complexity index is 761. The molecule has 1 aromatic carbocycles. The van der Waals surface area contributed by atoms with Crippen LogP contribution < -0.4 is 11.1 Å². The van der Waals surface area contributed by atoms with E-state index in [0.29, 0.717) is 13.1 Å². The number of nitrogens with two attached hydrogens (primary N) is 1. The van der Waals surface area contributed by atoms with Crippen molar-refractivity contribution >= 4 is 5.91 Å². The molecule has 2 aromatic rings. The highest BCUT2D eigenvalue weighted by atomic mass is 19.1. The standard InChI is InChI=1S/C16H19F2N5O/c1-22(9-10-7-21-23-5-4-20-8-14(10)23)16(24)15(19)12-3-2-11(17)6-13(12)18/h2-3,6-7,15,20H,4-5,8-9,19H2,1H3. The minimum Gasteiger partial charge on any atom is -0.340 e. The largest absolute Gasteiger partial charge is 0.340 e. The van der Waals surface area contributed by atoms with E-state index in [-0.39, 0.29) is 5.56 Å². The van der Waals surface area contributed by atoms with Crippen LogP contribution >= 0.6 is 0 Å². The molecule has 2 heterocycles. The SMILES string of the molecule is CN(Cc1cnn2c1CNCC2)C(=O)C(N)c1ccc(F)cc1F. The van der Waals surface area contributed by atoms with Crippen LogP contribution in [0.1, 0.15) is 22.9 Å². The van der Waals surface area contributed by atoms with Crippen molar-refractivity contribution in [3.63, 3.8) is 0 Å². The minimum absolute atomic E-state index is 0.0213. The number of rotatable bonds is 4. The predicted molar refractivity (Wildman–Crippen MR) is 83.7 cm³/mol. The summed E-state index contributed by atoms with van der Waals surface area (Å²) >= 11 is 0. The summed E-state index contributed by atoms with van der Waals surface area (Å²) in [5, 5.41) is 7.56. The number of carbonyl (C=O) groups excluding carboxylic acids is 1. The lowest BCUT2D eigenvalue weighted by atomic mass is 10.1. The molecule has 3 rings (SSSR count). The molecule has 24 heavy (non-hydrogen) atoms. The smallest absolute Gasteiger partial charge is 0.244 e. The molecule has 0 spiro atoms. The van der Waals surface area contributed by atoms with E-state index in [9.17, 15) is 13.6 Å². The lowest BCUT2D eigenvalue weighted by Gasteiger charge is -2.23. The highest BCUT2D eigenvalue weighted by Gasteiger charge is 2.24.